The summed E-state index contributed by atoms with van der Waals surface area (Å²) < 4.78 is 84.7. The first kappa shape index (κ1) is 43.3. The van der Waals surface area contributed by atoms with Crippen molar-refractivity contribution in [3.8, 4) is 17.2 Å². The van der Waals surface area contributed by atoms with Crippen LogP contribution in [0.25, 0.3) is 10.9 Å². The highest BCUT2D eigenvalue weighted by atomic mass is 35.5. The van der Waals surface area contributed by atoms with Crippen LogP contribution in [0.15, 0.2) is 84.9 Å². The van der Waals surface area contributed by atoms with Gasteiger partial charge in [0.25, 0.3) is 0 Å². The van der Waals surface area contributed by atoms with Gasteiger partial charge in [-0.1, -0.05) is 47.5 Å². The van der Waals surface area contributed by atoms with Crippen LogP contribution in [0.2, 0.25) is 10.0 Å². The summed E-state index contributed by atoms with van der Waals surface area (Å²) >= 11 is 11.5. The SMILES string of the molecule is CC(=O)OC(=O)Cc1ccc(Cl)cc1.O=C(O)c1c(O)c(Cc2ccc(Cl)cc2)nc2ccc(OC(F)(F)F)cc12.O=C1C(O)=[NH+]c2ccc(OC(F)(F)F)cc21. The number of aromatic carboxylic acids is 1. The van der Waals surface area contributed by atoms with Crippen LogP contribution < -0.4 is 14.5 Å². The van der Waals surface area contributed by atoms with Gasteiger partial charge in [-0.05, 0) is 65.7 Å². The Labute approximate surface area is 326 Å². The third-order valence-corrected chi connectivity index (χ3v) is 7.70. The van der Waals surface area contributed by atoms with Gasteiger partial charge in [0, 0.05) is 34.8 Å². The summed E-state index contributed by atoms with van der Waals surface area (Å²) in [6.45, 7) is 1.19. The number of carbonyl (C=O) groups excluding carboxylic acids is 3. The van der Waals surface area contributed by atoms with Crippen molar-refractivity contribution in [2.24, 2.45) is 0 Å². The van der Waals surface area contributed by atoms with Crippen molar-refractivity contribution in [2.45, 2.75) is 32.5 Å². The van der Waals surface area contributed by atoms with Gasteiger partial charge >= 0.3 is 42.3 Å². The number of ketones is 1. The number of esters is 2. The molecule has 298 valence electrons. The minimum absolute atomic E-state index is 0.0562. The van der Waals surface area contributed by atoms with Crippen molar-refractivity contribution in [2.75, 3.05) is 0 Å². The number of aromatic hydroxyl groups is 1. The van der Waals surface area contributed by atoms with E-state index in [1.165, 1.54) is 19.1 Å². The maximum atomic E-state index is 12.4. The summed E-state index contributed by atoms with van der Waals surface area (Å²) in [5.74, 6) is -5.75. The third-order valence-electron chi connectivity index (χ3n) is 7.19. The molecule has 2 heterocycles. The first-order valence-corrected chi connectivity index (χ1v) is 16.5. The number of carboxylic acids is 1. The van der Waals surface area contributed by atoms with Crippen LogP contribution in [-0.2, 0) is 27.2 Å². The van der Waals surface area contributed by atoms with Crippen LogP contribution in [0.4, 0.5) is 32.0 Å². The molecule has 0 fully saturated rings. The van der Waals surface area contributed by atoms with E-state index in [9.17, 15) is 55.7 Å². The van der Waals surface area contributed by atoms with E-state index in [-0.39, 0.29) is 40.7 Å². The fraction of sp³-hybridized carbons (Fsp3) is 0.135. The number of aliphatic hydroxyl groups excluding tert-OH is 1. The summed E-state index contributed by atoms with van der Waals surface area (Å²) in [6, 6.07) is 19.7. The molecular weight excluding hydrogens is 817 g/mol. The Balaban J connectivity index is 0.000000205. The van der Waals surface area contributed by atoms with Crippen LogP contribution in [-0.4, -0.2) is 62.6 Å². The zero-order valence-corrected chi connectivity index (χ0v) is 30.2. The number of Topliss-reactive ketones (excluding diaryl/α,β-unsaturated/α-hetero) is 1. The van der Waals surface area contributed by atoms with Gasteiger partial charge in [0.05, 0.1) is 17.6 Å². The molecule has 0 amide bonds. The van der Waals surface area contributed by atoms with Crippen LogP contribution in [0.1, 0.15) is 44.5 Å². The quantitative estimate of drug-likeness (QED) is 0.0739. The van der Waals surface area contributed by atoms with Gasteiger partial charge in [-0.15, -0.1) is 26.3 Å². The first-order valence-electron chi connectivity index (χ1n) is 15.7. The normalized spacial score (nSPS) is 11.9. The lowest BCUT2D eigenvalue weighted by atomic mass is 10.0. The average Bonchev–Trinajstić information content (AvgIpc) is 3.38. The molecule has 20 heteroatoms. The largest absolute Gasteiger partial charge is 0.573 e. The molecule has 0 bridgehead atoms. The highest BCUT2D eigenvalue weighted by Gasteiger charge is 2.35. The summed E-state index contributed by atoms with van der Waals surface area (Å²) in [5, 5.41) is 29.8. The second-order valence-electron chi connectivity index (χ2n) is 11.4. The standard InChI is InChI=1S/C18H11ClF3NO4.C10H9ClO3.C9H4F3NO3/c19-10-3-1-9(2-4-10)7-14-16(24)15(17(25)26)12-8-11(27-18(20,21)22)5-6-13(12)23-14;1-7(12)14-10(13)6-8-2-4-9(11)5-3-8;10-9(11,12)16-4-1-2-6-5(3-4)7(14)8(15)13-6/h1-6,8,24H,7H2,(H,25,26);2-5H,6H2,1H3;1-3H,(H,13,14,15)/p+1. The number of fused-ring (bicyclic) bond motifs is 2. The zero-order valence-electron chi connectivity index (χ0n) is 28.7. The topological polar surface area (TPSA) is 184 Å². The number of halogens is 8. The third kappa shape index (κ3) is 12.8. The Morgan fingerprint density at radius 1 is 0.772 bits per heavy atom. The van der Waals surface area contributed by atoms with Gasteiger partial charge in [0.15, 0.2) is 5.75 Å². The maximum Gasteiger partial charge on any atom is 0.573 e. The fourth-order valence-electron chi connectivity index (χ4n) is 4.91. The summed E-state index contributed by atoms with van der Waals surface area (Å²) in [6.07, 6.45) is -9.55. The Bertz CT molecular complexity index is 2350. The second-order valence-corrected chi connectivity index (χ2v) is 12.3. The monoisotopic (exact) mass is 841 g/mol. The molecule has 1 aromatic heterocycles. The molecule has 4 aromatic carbocycles. The van der Waals surface area contributed by atoms with E-state index >= 15 is 0 Å². The zero-order chi connectivity index (χ0) is 42.2. The fourth-order valence-corrected chi connectivity index (χ4v) is 5.16. The molecule has 1 aliphatic rings. The second kappa shape index (κ2) is 18.0. The number of carboxylic acid groups (broad SMARTS) is 1. The predicted molar refractivity (Wildman–Crippen MR) is 189 cm³/mol. The number of pyridine rings is 1. The number of aromatic nitrogens is 1. The highest BCUT2D eigenvalue weighted by Crippen LogP contribution is 2.34. The van der Waals surface area contributed by atoms with Crippen LogP contribution >= 0.6 is 23.2 Å². The Morgan fingerprint density at radius 2 is 1.30 bits per heavy atom. The van der Waals surface area contributed by atoms with Crippen molar-refractivity contribution in [1.82, 2.24) is 4.98 Å². The molecular formula is C37H25Cl2F6N2O10+. The summed E-state index contributed by atoms with van der Waals surface area (Å²) in [5.41, 5.74) is 1.32. The van der Waals surface area contributed by atoms with Crippen molar-refractivity contribution in [3.63, 3.8) is 0 Å². The minimum atomic E-state index is -4.93. The molecule has 57 heavy (non-hydrogen) atoms. The van der Waals surface area contributed by atoms with E-state index in [2.05, 4.69) is 24.2 Å². The number of nitrogens with one attached hydrogen (secondary N) is 1. The molecule has 4 N–H and O–H groups in total. The van der Waals surface area contributed by atoms with Gasteiger partial charge in [-0.3, -0.25) is 14.4 Å². The van der Waals surface area contributed by atoms with Gasteiger partial charge in [0.2, 0.25) is 5.69 Å². The lowest BCUT2D eigenvalue weighted by Gasteiger charge is -2.13. The molecule has 0 unspecified atom stereocenters. The van der Waals surface area contributed by atoms with Gasteiger partial charge in [-0.25, -0.2) is 9.78 Å². The lowest BCUT2D eigenvalue weighted by molar-refractivity contribution is -0.359. The Kier molecular flexibility index (Phi) is 13.7. The average molecular weight is 843 g/mol. The minimum Gasteiger partial charge on any atom is -0.505 e. The van der Waals surface area contributed by atoms with Crippen molar-refractivity contribution in [3.05, 3.63) is 123 Å². The molecule has 1 aliphatic heterocycles. The molecule has 0 aliphatic carbocycles. The van der Waals surface area contributed by atoms with Crippen LogP contribution in [0, 0.1) is 0 Å². The Hall–Kier alpha value is -6.40. The number of hydrogen-bond acceptors (Lipinski definition) is 9. The molecule has 0 spiro atoms. The molecule has 5 aromatic rings. The van der Waals surface area contributed by atoms with Gasteiger partial charge < -0.3 is 29.5 Å². The number of hydrogen-bond donors (Lipinski definition) is 4. The lowest BCUT2D eigenvalue weighted by Crippen LogP contribution is -2.64. The number of nitrogens with zero attached hydrogens (tertiary/aromatic N) is 1. The maximum absolute atomic E-state index is 12.4. The number of benzene rings is 4. The molecule has 0 atom stereocenters. The summed E-state index contributed by atoms with van der Waals surface area (Å²) in [7, 11) is 0. The van der Waals surface area contributed by atoms with Crippen LogP contribution in [0.3, 0.4) is 0 Å². The molecule has 0 saturated carbocycles. The van der Waals surface area contributed by atoms with Gasteiger partial charge in [-0.2, -0.15) is 4.99 Å². The van der Waals surface area contributed by atoms with Gasteiger partial charge in [0.1, 0.15) is 22.6 Å². The predicted octanol–water partition coefficient (Wildman–Crippen LogP) is 7.20. The van der Waals surface area contributed by atoms with E-state index in [0.29, 0.717) is 10.0 Å². The van der Waals surface area contributed by atoms with E-state index in [4.69, 9.17) is 28.3 Å². The molecule has 12 nitrogen and oxygen atoms in total. The van der Waals surface area contributed by atoms with Crippen LogP contribution in [0.5, 0.6) is 17.2 Å². The molecule has 0 saturated heterocycles. The number of alkyl halides is 6. The van der Waals surface area contributed by atoms with Crippen molar-refractivity contribution >= 4 is 69.4 Å². The number of aliphatic hydroxyl groups is 1. The number of carbonyl (C=O) groups is 4. The molecule has 6 rings (SSSR count). The number of rotatable bonds is 7. The highest BCUT2D eigenvalue weighted by molar-refractivity contribution is 6.42. The Morgan fingerprint density at radius 3 is 1.82 bits per heavy atom. The smallest absolute Gasteiger partial charge is 0.505 e. The number of ether oxygens (including phenoxy) is 3. The first-order chi connectivity index (χ1) is 26.6. The van der Waals surface area contributed by atoms with E-state index in [0.717, 1.165) is 35.4 Å². The van der Waals surface area contributed by atoms with E-state index < -0.39 is 65.1 Å². The van der Waals surface area contributed by atoms with E-state index in [1.54, 1.807) is 48.5 Å². The summed E-state index contributed by atoms with van der Waals surface area (Å²) in [4.78, 5) is 50.8. The van der Waals surface area contributed by atoms with E-state index in [1.807, 2.05) is 0 Å². The molecule has 0 radical (unpaired) electrons. The van der Waals surface area contributed by atoms with Crippen molar-refractivity contribution < 1.29 is 80.0 Å². The van der Waals surface area contributed by atoms with Crippen molar-refractivity contribution in [1.29, 1.82) is 0 Å².